The predicted molar refractivity (Wildman–Crippen MR) is 121 cm³/mol. The van der Waals surface area contributed by atoms with Crippen LogP contribution in [0.3, 0.4) is 0 Å². The number of methoxy groups -OCH3 is 1. The second kappa shape index (κ2) is 8.63. The van der Waals surface area contributed by atoms with Crippen LogP contribution in [0.15, 0.2) is 41.3 Å². The number of carbonyl (C=O) groups is 1. The number of anilines is 1. The highest BCUT2D eigenvalue weighted by molar-refractivity contribution is 7.89. The standard InChI is InChI=1S/C24H30N2O4S/c1-17-9-14-22(30-3)23-21(17)8-6-15-25(23)24(27)19-10-12-20(13-11-19)31(28,29)26-16-5-4-7-18(26)2/h9-14,18H,4-8,15-16H2,1-3H3. The SMILES string of the molecule is COc1ccc(C)c2c1N(C(=O)c1ccc(S(=O)(=O)N3CCCCC3C)cc1)CCC2. The first-order valence-corrected chi connectivity index (χ1v) is 12.4. The summed E-state index contributed by atoms with van der Waals surface area (Å²) >= 11 is 0. The number of carbonyl (C=O) groups excluding carboxylic acids is 1. The second-order valence-corrected chi connectivity index (χ2v) is 10.3. The topological polar surface area (TPSA) is 66.9 Å². The van der Waals surface area contributed by atoms with Gasteiger partial charge in [0.1, 0.15) is 5.75 Å². The summed E-state index contributed by atoms with van der Waals surface area (Å²) in [5.41, 5.74) is 3.59. The van der Waals surface area contributed by atoms with Crippen molar-refractivity contribution in [2.45, 2.75) is 56.9 Å². The van der Waals surface area contributed by atoms with Gasteiger partial charge in [0.05, 0.1) is 17.7 Å². The minimum atomic E-state index is -3.56. The molecule has 166 valence electrons. The molecule has 1 atom stereocenters. The fourth-order valence-corrected chi connectivity index (χ4v) is 6.41. The number of amides is 1. The first kappa shape index (κ1) is 21.8. The molecule has 1 amide bonds. The molecule has 0 aromatic heterocycles. The fourth-order valence-electron chi connectivity index (χ4n) is 4.71. The summed E-state index contributed by atoms with van der Waals surface area (Å²) in [6, 6.07) is 10.3. The predicted octanol–water partition coefficient (Wildman–Crippen LogP) is 4.16. The number of ether oxygens (including phenoxy) is 1. The van der Waals surface area contributed by atoms with Gasteiger partial charge in [-0.15, -0.1) is 0 Å². The van der Waals surface area contributed by atoms with E-state index >= 15 is 0 Å². The van der Waals surface area contributed by atoms with Gasteiger partial charge in [0.2, 0.25) is 10.0 Å². The molecular formula is C24H30N2O4S. The average Bonchev–Trinajstić information content (AvgIpc) is 2.79. The van der Waals surface area contributed by atoms with Gasteiger partial charge in [0.25, 0.3) is 5.91 Å². The van der Waals surface area contributed by atoms with Crippen LogP contribution in [-0.4, -0.2) is 44.9 Å². The minimum Gasteiger partial charge on any atom is -0.495 e. The van der Waals surface area contributed by atoms with Gasteiger partial charge in [-0.05, 0) is 81.0 Å². The molecule has 1 fully saturated rings. The summed E-state index contributed by atoms with van der Waals surface area (Å²) in [6.07, 6.45) is 4.61. The Labute approximate surface area is 184 Å². The number of piperidine rings is 1. The zero-order chi connectivity index (χ0) is 22.2. The molecule has 1 saturated heterocycles. The van der Waals surface area contributed by atoms with Crippen molar-refractivity contribution < 1.29 is 17.9 Å². The van der Waals surface area contributed by atoms with Crippen LogP contribution in [-0.2, 0) is 16.4 Å². The van der Waals surface area contributed by atoms with Crippen LogP contribution in [0, 0.1) is 6.92 Å². The van der Waals surface area contributed by atoms with Crippen molar-refractivity contribution in [1.82, 2.24) is 4.31 Å². The molecule has 6 nitrogen and oxygen atoms in total. The van der Waals surface area contributed by atoms with Gasteiger partial charge in [-0.3, -0.25) is 4.79 Å². The number of hydrogen-bond donors (Lipinski definition) is 0. The van der Waals surface area contributed by atoms with E-state index in [1.807, 2.05) is 26.0 Å². The van der Waals surface area contributed by atoms with E-state index in [1.54, 1.807) is 40.6 Å². The lowest BCUT2D eigenvalue weighted by Gasteiger charge is -2.33. The summed E-state index contributed by atoms with van der Waals surface area (Å²) in [7, 11) is -1.94. The number of benzene rings is 2. The molecule has 0 N–H and O–H groups in total. The maximum absolute atomic E-state index is 13.4. The molecule has 2 heterocycles. The largest absolute Gasteiger partial charge is 0.495 e. The van der Waals surface area contributed by atoms with Gasteiger partial charge in [0.15, 0.2) is 0 Å². The highest BCUT2D eigenvalue weighted by atomic mass is 32.2. The van der Waals surface area contributed by atoms with Crippen LogP contribution in [0.5, 0.6) is 5.75 Å². The van der Waals surface area contributed by atoms with Crippen molar-refractivity contribution in [3.05, 3.63) is 53.1 Å². The average molecular weight is 443 g/mol. The number of hydrogen-bond acceptors (Lipinski definition) is 4. The van der Waals surface area contributed by atoms with Crippen LogP contribution in [0.2, 0.25) is 0 Å². The lowest BCUT2D eigenvalue weighted by molar-refractivity contribution is 0.0984. The maximum Gasteiger partial charge on any atom is 0.258 e. The van der Waals surface area contributed by atoms with E-state index in [1.165, 1.54) is 0 Å². The fraction of sp³-hybridized carbons (Fsp3) is 0.458. The Balaban J connectivity index is 1.63. The van der Waals surface area contributed by atoms with Gasteiger partial charge in [-0.2, -0.15) is 4.31 Å². The third-order valence-electron chi connectivity index (χ3n) is 6.47. The zero-order valence-corrected chi connectivity index (χ0v) is 19.2. The van der Waals surface area contributed by atoms with Crippen molar-refractivity contribution in [1.29, 1.82) is 0 Å². The lowest BCUT2D eigenvalue weighted by atomic mass is 9.95. The highest BCUT2D eigenvalue weighted by Gasteiger charge is 2.32. The number of sulfonamides is 1. The number of fused-ring (bicyclic) bond motifs is 1. The molecule has 1 unspecified atom stereocenters. The molecule has 0 spiro atoms. The lowest BCUT2D eigenvalue weighted by Crippen LogP contribution is -2.41. The van der Waals surface area contributed by atoms with E-state index < -0.39 is 10.0 Å². The van der Waals surface area contributed by atoms with Crippen molar-refractivity contribution in [2.75, 3.05) is 25.1 Å². The van der Waals surface area contributed by atoms with E-state index in [0.717, 1.165) is 48.9 Å². The van der Waals surface area contributed by atoms with Crippen LogP contribution in [0.4, 0.5) is 5.69 Å². The van der Waals surface area contributed by atoms with E-state index in [-0.39, 0.29) is 16.8 Å². The smallest absolute Gasteiger partial charge is 0.258 e. The van der Waals surface area contributed by atoms with Crippen molar-refractivity contribution in [3.8, 4) is 5.75 Å². The summed E-state index contributed by atoms with van der Waals surface area (Å²) in [6.45, 7) is 5.16. The second-order valence-electron chi connectivity index (χ2n) is 8.46. The van der Waals surface area contributed by atoms with Gasteiger partial charge in [-0.25, -0.2) is 8.42 Å². The molecule has 2 aliphatic rings. The number of rotatable bonds is 4. The molecule has 0 saturated carbocycles. The molecule has 2 aromatic carbocycles. The normalized spacial score (nSPS) is 19.7. The Morgan fingerprint density at radius 3 is 2.45 bits per heavy atom. The summed E-state index contributed by atoms with van der Waals surface area (Å²) in [5, 5.41) is 0. The van der Waals surface area contributed by atoms with Gasteiger partial charge >= 0.3 is 0 Å². The van der Waals surface area contributed by atoms with Crippen LogP contribution in [0.25, 0.3) is 0 Å². The Kier molecular flexibility index (Phi) is 6.08. The van der Waals surface area contributed by atoms with E-state index in [0.29, 0.717) is 24.4 Å². The van der Waals surface area contributed by atoms with Crippen molar-refractivity contribution in [3.63, 3.8) is 0 Å². The van der Waals surface area contributed by atoms with E-state index in [4.69, 9.17) is 4.74 Å². The van der Waals surface area contributed by atoms with Crippen molar-refractivity contribution >= 4 is 21.6 Å². The molecule has 2 aliphatic heterocycles. The molecule has 4 rings (SSSR count). The summed E-state index contributed by atoms with van der Waals surface area (Å²) in [4.78, 5) is 15.4. The molecule has 2 aromatic rings. The van der Waals surface area contributed by atoms with Crippen LogP contribution >= 0.6 is 0 Å². The van der Waals surface area contributed by atoms with Gasteiger partial charge in [0, 0.05) is 24.7 Å². The molecule has 31 heavy (non-hydrogen) atoms. The third-order valence-corrected chi connectivity index (χ3v) is 8.50. The first-order chi connectivity index (χ1) is 14.8. The number of aryl methyl sites for hydroxylation is 1. The van der Waals surface area contributed by atoms with Crippen molar-refractivity contribution in [2.24, 2.45) is 0 Å². The monoisotopic (exact) mass is 442 g/mol. The molecule has 0 bridgehead atoms. The molecule has 7 heteroatoms. The molecule has 0 aliphatic carbocycles. The van der Waals surface area contributed by atoms with Crippen LogP contribution in [0.1, 0.15) is 54.1 Å². The third kappa shape index (κ3) is 3.96. The summed E-state index contributed by atoms with van der Waals surface area (Å²) in [5.74, 6) is 0.548. The van der Waals surface area contributed by atoms with Gasteiger partial charge in [-0.1, -0.05) is 12.5 Å². The van der Waals surface area contributed by atoms with E-state index in [2.05, 4.69) is 0 Å². The molecular weight excluding hydrogens is 412 g/mol. The highest BCUT2D eigenvalue weighted by Crippen LogP contribution is 2.39. The first-order valence-electron chi connectivity index (χ1n) is 10.9. The zero-order valence-electron chi connectivity index (χ0n) is 18.4. The Hall–Kier alpha value is -2.38. The van der Waals surface area contributed by atoms with Gasteiger partial charge < -0.3 is 9.64 Å². The Morgan fingerprint density at radius 2 is 1.77 bits per heavy atom. The number of nitrogens with zero attached hydrogens (tertiary/aromatic N) is 2. The van der Waals surface area contributed by atoms with E-state index in [9.17, 15) is 13.2 Å². The Bertz CT molecular complexity index is 1080. The van der Waals surface area contributed by atoms with Crippen LogP contribution < -0.4 is 9.64 Å². The maximum atomic E-state index is 13.4. The molecule has 0 radical (unpaired) electrons. The minimum absolute atomic E-state index is 0.000569. The Morgan fingerprint density at radius 1 is 1.03 bits per heavy atom. The summed E-state index contributed by atoms with van der Waals surface area (Å²) < 4.78 is 33.3. The quantitative estimate of drug-likeness (QED) is 0.713.